The van der Waals surface area contributed by atoms with Gasteiger partial charge in [-0.15, -0.1) is 0 Å². The van der Waals surface area contributed by atoms with E-state index < -0.39 is 12.1 Å². The summed E-state index contributed by atoms with van der Waals surface area (Å²) < 4.78 is 38.4. The van der Waals surface area contributed by atoms with E-state index >= 15 is 0 Å². The monoisotopic (exact) mass is 290 g/mol. The molecule has 0 aromatic rings. The molecule has 0 aromatic heterocycles. The fourth-order valence-electron chi connectivity index (χ4n) is 3.84. The van der Waals surface area contributed by atoms with Gasteiger partial charge in [0.25, 0.3) is 0 Å². The van der Waals surface area contributed by atoms with Crippen LogP contribution in [-0.4, -0.2) is 43.2 Å². The predicted octanol–water partition coefficient (Wildman–Crippen LogP) is 2.18. The smallest absolute Gasteiger partial charge is 0.342 e. The van der Waals surface area contributed by atoms with Gasteiger partial charge in [-0.1, -0.05) is 0 Å². The van der Waals surface area contributed by atoms with Crippen LogP contribution in [0, 0.1) is 17.3 Å². The molecule has 1 saturated carbocycles. The van der Waals surface area contributed by atoms with Gasteiger partial charge in [0.15, 0.2) is 0 Å². The molecular weight excluding hydrogens is 269 g/mol. The number of amides is 1. The lowest BCUT2D eigenvalue weighted by Crippen LogP contribution is -2.46. The molecule has 2 atom stereocenters. The Morgan fingerprint density at radius 3 is 2.60 bits per heavy atom. The zero-order valence-corrected chi connectivity index (χ0v) is 11.5. The first kappa shape index (κ1) is 14.2. The molecule has 114 valence electrons. The maximum absolute atomic E-state index is 12.8. The lowest BCUT2D eigenvalue weighted by Gasteiger charge is -2.34. The highest BCUT2D eigenvalue weighted by Gasteiger charge is 2.59. The summed E-state index contributed by atoms with van der Waals surface area (Å²) in [5, 5.41) is 3.27. The second-order valence-electron chi connectivity index (χ2n) is 6.53. The number of nitrogens with one attached hydrogen (secondary N) is 1. The zero-order valence-electron chi connectivity index (χ0n) is 11.5. The largest absolute Gasteiger partial charge is 0.393 e. The summed E-state index contributed by atoms with van der Waals surface area (Å²) in [4.78, 5) is 13.9. The number of rotatable bonds is 1. The van der Waals surface area contributed by atoms with E-state index in [1.54, 1.807) is 0 Å². The highest BCUT2D eigenvalue weighted by molar-refractivity contribution is 5.82. The number of nitrogens with zero attached hydrogens (tertiary/aromatic N) is 1. The number of likely N-dealkylation sites (tertiary alicyclic amines) is 1. The Morgan fingerprint density at radius 1 is 1.25 bits per heavy atom. The average Bonchev–Trinajstić information content (AvgIpc) is 3.11. The van der Waals surface area contributed by atoms with Gasteiger partial charge in [-0.3, -0.25) is 4.79 Å². The van der Waals surface area contributed by atoms with Crippen molar-refractivity contribution in [2.24, 2.45) is 17.3 Å². The first-order chi connectivity index (χ1) is 9.42. The molecule has 6 heteroatoms. The van der Waals surface area contributed by atoms with Gasteiger partial charge < -0.3 is 10.2 Å². The second kappa shape index (κ2) is 4.90. The third-order valence-electron chi connectivity index (χ3n) is 5.28. The lowest BCUT2D eigenvalue weighted by atomic mass is 9.91. The van der Waals surface area contributed by atoms with Crippen molar-refractivity contribution >= 4 is 5.91 Å². The van der Waals surface area contributed by atoms with Crippen molar-refractivity contribution < 1.29 is 18.0 Å². The number of alkyl halides is 3. The molecular formula is C14H21F3N2O. The van der Waals surface area contributed by atoms with Crippen molar-refractivity contribution in [2.45, 2.75) is 38.3 Å². The first-order valence-electron chi connectivity index (χ1n) is 7.49. The van der Waals surface area contributed by atoms with E-state index in [0.29, 0.717) is 13.0 Å². The SMILES string of the molecule is O=C(C1CC12CCNCC2)N1CCCC(C(F)(F)F)C1. The van der Waals surface area contributed by atoms with Gasteiger partial charge in [-0.05, 0) is 50.6 Å². The third-order valence-corrected chi connectivity index (χ3v) is 5.28. The van der Waals surface area contributed by atoms with E-state index in [2.05, 4.69) is 5.32 Å². The van der Waals surface area contributed by atoms with E-state index in [1.165, 1.54) is 4.90 Å². The van der Waals surface area contributed by atoms with Crippen LogP contribution in [-0.2, 0) is 4.79 Å². The summed E-state index contributed by atoms with van der Waals surface area (Å²) in [6, 6.07) is 0. The van der Waals surface area contributed by atoms with Crippen LogP contribution in [0.5, 0.6) is 0 Å². The van der Waals surface area contributed by atoms with Crippen molar-refractivity contribution in [1.82, 2.24) is 10.2 Å². The van der Waals surface area contributed by atoms with Crippen molar-refractivity contribution in [3.05, 3.63) is 0 Å². The number of piperidine rings is 2. The molecule has 0 aromatic carbocycles. The summed E-state index contributed by atoms with van der Waals surface area (Å²) in [5.41, 5.74) is 0.105. The van der Waals surface area contributed by atoms with Gasteiger partial charge in [0.1, 0.15) is 0 Å². The summed E-state index contributed by atoms with van der Waals surface area (Å²) in [6.45, 7) is 2.22. The van der Waals surface area contributed by atoms with Crippen molar-refractivity contribution in [1.29, 1.82) is 0 Å². The Balaban J connectivity index is 1.61. The maximum atomic E-state index is 12.8. The summed E-state index contributed by atoms with van der Waals surface area (Å²) in [5.74, 6) is -1.37. The van der Waals surface area contributed by atoms with Crippen LogP contribution in [0.15, 0.2) is 0 Å². The van der Waals surface area contributed by atoms with Crippen LogP contribution in [0.1, 0.15) is 32.1 Å². The minimum absolute atomic E-state index is 0.0171. The number of carbonyl (C=O) groups excluding carboxylic acids is 1. The molecule has 2 saturated heterocycles. The van der Waals surface area contributed by atoms with Crippen LogP contribution >= 0.6 is 0 Å². The highest BCUT2D eigenvalue weighted by atomic mass is 19.4. The standard InChI is InChI=1S/C14H21F3N2O/c15-14(16,17)10-2-1-7-19(9-10)12(20)11-8-13(11)3-5-18-6-4-13/h10-11,18H,1-9H2. The Bertz CT molecular complexity index is 390. The maximum Gasteiger partial charge on any atom is 0.393 e. The molecule has 2 heterocycles. The molecule has 3 nitrogen and oxygen atoms in total. The minimum atomic E-state index is -4.17. The number of hydrogen-bond acceptors (Lipinski definition) is 2. The quantitative estimate of drug-likeness (QED) is 0.803. The van der Waals surface area contributed by atoms with Crippen molar-refractivity contribution in [3.8, 4) is 0 Å². The van der Waals surface area contributed by atoms with Gasteiger partial charge in [-0.2, -0.15) is 13.2 Å². The molecule has 2 aliphatic heterocycles. The minimum Gasteiger partial charge on any atom is -0.342 e. The Morgan fingerprint density at radius 2 is 1.95 bits per heavy atom. The molecule has 3 rings (SSSR count). The van der Waals surface area contributed by atoms with Gasteiger partial charge in [-0.25, -0.2) is 0 Å². The zero-order chi connectivity index (χ0) is 14.4. The molecule has 20 heavy (non-hydrogen) atoms. The van der Waals surface area contributed by atoms with Gasteiger partial charge in [0, 0.05) is 19.0 Å². The van der Waals surface area contributed by atoms with Crippen LogP contribution in [0.25, 0.3) is 0 Å². The highest BCUT2D eigenvalue weighted by Crippen LogP contribution is 2.59. The van der Waals surface area contributed by atoms with Crippen molar-refractivity contribution in [2.75, 3.05) is 26.2 Å². The van der Waals surface area contributed by atoms with Crippen LogP contribution < -0.4 is 5.32 Å². The molecule has 3 aliphatic rings. The Hall–Kier alpha value is -0.780. The lowest BCUT2D eigenvalue weighted by molar-refractivity contribution is -0.188. The van der Waals surface area contributed by atoms with E-state index in [9.17, 15) is 18.0 Å². The normalized spacial score (nSPS) is 33.2. The molecule has 1 aliphatic carbocycles. The predicted molar refractivity (Wildman–Crippen MR) is 68.0 cm³/mol. The van der Waals surface area contributed by atoms with Crippen LogP contribution in [0.2, 0.25) is 0 Å². The van der Waals surface area contributed by atoms with Crippen LogP contribution in [0.3, 0.4) is 0 Å². The van der Waals surface area contributed by atoms with E-state index in [1.807, 2.05) is 0 Å². The molecule has 0 radical (unpaired) electrons. The van der Waals surface area contributed by atoms with Gasteiger partial charge in [0.2, 0.25) is 5.91 Å². The van der Waals surface area contributed by atoms with Gasteiger partial charge >= 0.3 is 6.18 Å². The fraction of sp³-hybridized carbons (Fsp3) is 0.929. The average molecular weight is 290 g/mol. The third kappa shape index (κ3) is 2.54. The topological polar surface area (TPSA) is 32.3 Å². The van der Waals surface area contributed by atoms with E-state index in [-0.39, 0.29) is 30.2 Å². The summed E-state index contributed by atoms with van der Waals surface area (Å²) in [7, 11) is 0. The van der Waals surface area contributed by atoms with E-state index in [0.717, 1.165) is 32.4 Å². The molecule has 1 amide bonds. The molecule has 1 spiro atoms. The first-order valence-corrected chi connectivity index (χ1v) is 7.49. The Labute approximate surface area is 116 Å². The molecule has 3 fully saturated rings. The Kier molecular flexibility index (Phi) is 3.47. The number of carbonyl (C=O) groups is 1. The van der Waals surface area contributed by atoms with Gasteiger partial charge in [0.05, 0.1) is 5.92 Å². The molecule has 1 N–H and O–H groups in total. The molecule has 0 bridgehead atoms. The fourth-order valence-corrected chi connectivity index (χ4v) is 3.84. The van der Waals surface area contributed by atoms with Crippen LogP contribution in [0.4, 0.5) is 13.2 Å². The number of hydrogen-bond donors (Lipinski definition) is 1. The summed E-state index contributed by atoms with van der Waals surface area (Å²) in [6.07, 6.45) is -0.695. The van der Waals surface area contributed by atoms with Crippen molar-refractivity contribution in [3.63, 3.8) is 0 Å². The van der Waals surface area contributed by atoms with E-state index in [4.69, 9.17) is 0 Å². The second-order valence-corrected chi connectivity index (χ2v) is 6.53. The summed E-state index contributed by atoms with van der Waals surface area (Å²) >= 11 is 0. The number of halogens is 3. The molecule has 2 unspecified atom stereocenters.